The van der Waals surface area contributed by atoms with Crippen LogP contribution in [0.2, 0.25) is 5.15 Å². The zero-order chi connectivity index (χ0) is 13.4. The molecule has 3 rings (SSSR count). The maximum atomic E-state index is 13.8. The highest BCUT2D eigenvalue weighted by Crippen LogP contribution is 2.25. The lowest BCUT2D eigenvalue weighted by molar-refractivity contribution is 0.630. The van der Waals surface area contributed by atoms with E-state index in [4.69, 9.17) is 11.6 Å². The van der Waals surface area contributed by atoms with Crippen LogP contribution in [0.5, 0.6) is 0 Å². The molecule has 0 radical (unpaired) electrons. The van der Waals surface area contributed by atoms with Gasteiger partial charge >= 0.3 is 0 Å². The Morgan fingerprint density at radius 2 is 2.11 bits per heavy atom. The number of rotatable bonds is 2. The average molecular weight is 276 g/mol. The fraction of sp³-hybridized carbons (Fsp3) is 0.143. The highest BCUT2D eigenvalue weighted by atomic mass is 35.5. The normalized spacial score (nSPS) is 11.1. The van der Waals surface area contributed by atoms with Gasteiger partial charge in [-0.25, -0.2) is 13.9 Å². The van der Waals surface area contributed by atoms with Gasteiger partial charge in [0.15, 0.2) is 5.65 Å². The van der Waals surface area contributed by atoms with Crippen molar-refractivity contribution in [2.45, 2.75) is 13.3 Å². The first-order valence-electron chi connectivity index (χ1n) is 5.98. The molecule has 2 aromatic heterocycles. The minimum atomic E-state index is -0.312. The Labute approximate surface area is 114 Å². The molecule has 0 amide bonds. The quantitative estimate of drug-likeness (QED) is 0.667. The number of nitrogens with zero attached hydrogens (tertiary/aromatic N) is 3. The Morgan fingerprint density at radius 3 is 2.84 bits per heavy atom. The Kier molecular flexibility index (Phi) is 2.95. The van der Waals surface area contributed by atoms with E-state index in [2.05, 4.69) is 10.1 Å². The van der Waals surface area contributed by atoms with Crippen LogP contribution in [0.4, 0.5) is 4.39 Å². The Hall–Kier alpha value is -1.94. The monoisotopic (exact) mass is 275 g/mol. The molecule has 0 aliphatic carbocycles. The third-order valence-electron chi connectivity index (χ3n) is 3.03. The summed E-state index contributed by atoms with van der Waals surface area (Å²) in [6.07, 6.45) is 2.53. The number of aromatic nitrogens is 3. The molecule has 0 saturated heterocycles. The minimum Gasteiger partial charge on any atom is -0.228 e. The lowest BCUT2D eigenvalue weighted by atomic mass is 10.1. The molecule has 0 aliphatic heterocycles. The number of hydrogen-bond acceptors (Lipinski definition) is 2. The first kappa shape index (κ1) is 12.1. The van der Waals surface area contributed by atoms with Gasteiger partial charge in [-0.1, -0.05) is 30.7 Å². The molecular formula is C14H11ClFN3. The molecule has 0 bridgehead atoms. The summed E-state index contributed by atoms with van der Waals surface area (Å²) in [5, 5.41) is 4.59. The van der Waals surface area contributed by atoms with E-state index in [9.17, 15) is 4.39 Å². The number of fused-ring (bicyclic) bond motifs is 1. The van der Waals surface area contributed by atoms with Crippen LogP contribution in [0.1, 0.15) is 12.5 Å². The van der Waals surface area contributed by atoms with Gasteiger partial charge in [0.05, 0.1) is 11.9 Å². The van der Waals surface area contributed by atoms with Crippen LogP contribution >= 0.6 is 11.6 Å². The highest BCUT2D eigenvalue weighted by molar-refractivity contribution is 6.30. The summed E-state index contributed by atoms with van der Waals surface area (Å²) in [4.78, 5) is 4.47. The van der Waals surface area contributed by atoms with Crippen LogP contribution in [0, 0.1) is 5.82 Å². The van der Waals surface area contributed by atoms with Crippen molar-refractivity contribution in [1.82, 2.24) is 14.6 Å². The molecule has 3 aromatic rings. The van der Waals surface area contributed by atoms with Gasteiger partial charge < -0.3 is 0 Å². The molecule has 0 saturated carbocycles. The molecule has 96 valence electrons. The predicted molar refractivity (Wildman–Crippen MR) is 72.8 cm³/mol. The first-order chi connectivity index (χ1) is 9.20. The third-order valence-corrected chi connectivity index (χ3v) is 3.30. The van der Waals surface area contributed by atoms with Crippen LogP contribution in [-0.4, -0.2) is 14.6 Å². The molecule has 2 heterocycles. The van der Waals surface area contributed by atoms with Crippen LogP contribution in [0.15, 0.2) is 36.5 Å². The van der Waals surface area contributed by atoms with E-state index in [1.807, 2.05) is 6.92 Å². The number of hydrogen-bond donors (Lipinski definition) is 0. The average Bonchev–Trinajstić information content (AvgIpc) is 2.82. The second-order valence-electron chi connectivity index (χ2n) is 4.20. The van der Waals surface area contributed by atoms with E-state index in [0.29, 0.717) is 22.1 Å². The van der Waals surface area contributed by atoms with Crippen molar-refractivity contribution in [2.75, 3.05) is 0 Å². The molecule has 0 spiro atoms. The van der Waals surface area contributed by atoms with Crippen molar-refractivity contribution in [2.24, 2.45) is 0 Å². The van der Waals surface area contributed by atoms with Gasteiger partial charge in [-0.3, -0.25) is 0 Å². The van der Waals surface area contributed by atoms with Gasteiger partial charge in [-0.15, -0.1) is 0 Å². The molecule has 19 heavy (non-hydrogen) atoms. The SMILES string of the molecule is CCc1cnn2c(Cl)cc(-c3ccccc3F)nc12. The smallest absolute Gasteiger partial charge is 0.160 e. The maximum Gasteiger partial charge on any atom is 0.160 e. The van der Waals surface area contributed by atoms with Gasteiger partial charge in [-0.05, 0) is 18.6 Å². The lowest BCUT2D eigenvalue weighted by Gasteiger charge is -2.05. The van der Waals surface area contributed by atoms with E-state index in [-0.39, 0.29) is 5.82 Å². The van der Waals surface area contributed by atoms with Gasteiger partial charge in [0, 0.05) is 17.2 Å². The zero-order valence-corrected chi connectivity index (χ0v) is 11.0. The van der Waals surface area contributed by atoms with Crippen molar-refractivity contribution in [1.29, 1.82) is 0 Å². The molecule has 3 nitrogen and oxygen atoms in total. The molecular weight excluding hydrogens is 265 g/mol. The highest BCUT2D eigenvalue weighted by Gasteiger charge is 2.12. The summed E-state index contributed by atoms with van der Waals surface area (Å²) < 4.78 is 15.4. The maximum absolute atomic E-state index is 13.8. The van der Waals surface area contributed by atoms with Gasteiger partial charge in [0.2, 0.25) is 0 Å². The van der Waals surface area contributed by atoms with Crippen LogP contribution in [-0.2, 0) is 6.42 Å². The van der Waals surface area contributed by atoms with Crippen molar-refractivity contribution < 1.29 is 4.39 Å². The van der Waals surface area contributed by atoms with Crippen molar-refractivity contribution in [3.63, 3.8) is 0 Å². The van der Waals surface area contributed by atoms with E-state index < -0.39 is 0 Å². The second kappa shape index (κ2) is 4.63. The minimum absolute atomic E-state index is 0.312. The second-order valence-corrected chi connectivity index (χ2v) is 4.59. The predicted octanol–water partition coefficient (Wildman–Crippen LogP) is 3.75. The van der Waals surface area contributed by atoms with Crippen LogP contribution < -0.4 is 0 Å². The Morgan fingerprint density at radius 1 is 1.32 bits per heavy atom. The topological polar surface area (TPSA) is 30.2 Å². The first-order valence-corrected chi connectivity index (χ1v) is 6.36. The fourth-order valence-electron chi connectivity index (χ4n) is 2.03. The molecule has 0 aliphatic rings. The summed E-state index contributed by atoms with van der Waals surface area (Å²) in [5.41, 5.74) is 2.62. The Bertz CT molecular complexity index is 752. The molecule has 0 atom stereocenters. The fourth-order valence-corrected chi connectivity index (χ4v) is 2.26. The van der Waals surface area contributed by atoms with Crippen molar-refractivity contribution in [3.05, 3.63) is 53.1 Å². The summed E-state index contributed by atoms with van der Waals surface area (Å²) in [5.74, 6) is -0.312. The number of halogens is 2. The van der Waals surface area contributed by atoms with Crippen LogP contribution in [0.3, 0.4) is 0 Å². The van der Waals surface area contributed by atoms with Gasteiger partial charge in [0.25, 0.3) is 0 Å². The zero-order valence-electron chi connectivity index (χ0n) is 10.3. The van der Waals surface area contributed by atoms with Gasteiger partial charge in [-0.2, -0.15) is 5.10 Å². The summed E-state index contributed by atoms with van der Waals surface area (Å²) in [6.45, 7) is 2.02. The van der Waals surface area contributed by atoms with Crippen LogP contribution in [0.25, 0.3) is 16.9 Å². The van der Waals surface area contributed by atoms with E-state index in [0.717, 1.165) is 12.0 Å². The molecule has 0 fully saturated rings. The molecule has 0 N–H and O–H groups in total. The number of aryl methyl sites for hydroxylation is 1. The van der Waals surface area contributed by atoms with Crippen molar-refractivity contribution >= 4 is 17.2 Å². The van der Waals surface area contributed by atoms with E-state index in [1.54, 1.807) is 35.0 Å². The summed E-state index contributed by atoms with van der Waals surface area (Å²) >= 11 is 6.17. The molecule has 1 aromatic carbocycles. The lowest BCUT2D eigenvalue weighted by Crippen LogP contribution is -1.96. The molecule has 0 unspecified atom stereocenters. The summed E-state index contributed by atoms with van der Waals surface area (Å²) in [7, 11) is 0. The summed E-state index contributed by atoms with van der Waals surface area (Å²) in [6, 6.07) is 8.14. The molecule has 5 heteroatoms. The van der Waals surface area contributed by atoms with Crippen molar-refractivity contribution in [3.8, 4) is 11.3 Å². The third kappa shape index (κ3) is 1.98. The largest absolute Gasteiger partial charge is 0.228 e. The Balaban J connectivity index is 2.28. The standard InChI is InChI=1S/C14H11ClFN3/c1-2-9-8-17-19-13(15)7-12(18-14(9)19)10-5-3-4-6-11(10)16/h3-8H,2H2,1H3. The van der Waals surface area contributed by atoms with Gasteiger partial charge in [0.1, 0.15) is 11.0 Å². The van der Waals surface area contributed by atoms with E-state index in [1.165, 1.54) is 6.07 Å². The van der Waals surface area contributed by atoms with E-state index >= 15 is 0 Å². The number of benzene rings is 1.